The van der Waals surface area contributed by atoms with Crippen LogP contribution < -0.4 is 11.1 Å². The molecule has 0 heterocycles. The smallest absolute Gasteiger partial charge is 0.127 e. The van der Waals surface area contributed by atoms with Crippen LogP contribution in [0, 0.1) is 5.82 Å². The van der Waals surface area contributed by atoms with Crippen molar-refractivity contribution in [1.82, 2.24) is 0 Å². The summed E-state index contributed by atoms with van der Waals surface area (Å²) < 4.78 is 13.1. The van der Waals surface area contributed by atoms with E-state index in [2.05, 4.69) is 11.6 Å². The zero-order valence-electron chi connectivity index (χ0n) is 9.37. The molecule has 88 valence electrons. The Bertz CT molecular complexity index is 350. The number of halogens is 1. The second-order valence-corrected chi connectivity index (χ2v) is 5.42. The van der Waals surface area contributed by atoms with Crippen LogP contribution >= 0.6 is 11.8 Å². The van der Waals surface area contributed by atoms with Gasteiger partial charge in [0.05, 0.1) is 0 Å². The van der Waals surface area contributed by atoms with Crippen molar-refractivity contribution in [2.45, 2.75) is 30.6 Å². The van der Waals surface area contributed by atoms with Gasteiger partial charge in [-0.3, -0.25) is 0 Å². The molecule has 0 saturated heterocycles. The lowest BCUT2D eigenvalue weighted by atomic mass is 10.2. The molecule has 0 aromatic heterocycles. The van der Waals surface area contributed by atoms with E-state index in [0.29, 0.717) is 11.7 Å². The molecular weight excluding hydrogens is 223 g/mol. The summed E-state index contributed by atoms with van der Waals surface area (Å²) in [6.07, 6.45) is 5.69. The Balaban J connectivity index is 1.99. The van der Waals surface area contributed by atoms with Gasteiger partial charge in [-0.2, -0.15) is 11.8 Å². The highest BCUT2D eigenvalue weighted by atomic mass is 32.2. The molecule has 0 aliphatic heterocycles. The Kier molecular flexibility index (Phi) is 3.59. The molecule has 1 aliphatic rings. The second-order valence-electron chi connectivity index (χ2n) is 4.29. The van der Waals surface area contributed by atoms with Gasteiger partial charge in [0.2, 0.25) is 0 Å². The molecule has 1 aromatic rings. The highest BCUT2D eigenvalue weighted by molar-refractivity contribution is 7.99. The van der Waals surface area contributed by atoms with Gasteiger partial charge in [-0.15, -0.1) is 0 Å². The Hall–Kier alpha value is -0.900. The summed E-state index contributed by atoms with van der Waals surface area (Å²) in [5.41, 5.74) is 6.87. The SMILES string of the molecule is CSC1CCC(Nc2cc(N)cc(F)c2)C1. The van der Waals surface area contributed by atoms with Crippen molar-refractivity contribution in [3.8, 4) is 0 Å². The third-order valence-corrected chi connectivity index (χ3v) is 4.10. The number of nitrogens with two attached hydrogens (primary N) is 1. The summed E-state index contributed by atoms with van der Waals surface area (Å²) in [4.78, 5) is 0. The summed E-state index contributed by atoms with van der Waals surface area (Å²) >= 11 is 1.91. The number of rotatable bonds is 3. The molecule has 2 rings (SSSR count). The number of benzene rings is 1. The molecule has 4 heteroatoms. The van der Waals surface area contributed by atoms with E-state index in [0.717, 1.165) is 23.8 Å². The summed E-state index contributed by atoms with van der Waals surface area (Å²) in [5.74, 6) is -0.276. The van der Waals surface area contributed by atoms with Crippen molar-refractivity contribution in [2.24, 2.45) is 0 Å². The lowest BCUT2D eigenvalue weighted by Gasteiger charge is -2.14. The van der Waals surface area contributed by atoms with Gasteiger partial charge in [0.1, 0.15) is 5.82 Å². The molecule has 0 spiro atoms. The normalized spacial score (nSPS) is 24.6. The average molecular weight is 240 g/mol. The maximum absolute atomic E-state index is 13.1. The number of anilines is 2. The van der Waals surface area contributed by atoms with Crippen LogP contribution in [0.4, 0.5) is 15.8 Å². The first kappa shape index (κ1) is 11.6. The molecular formula is C12H17FN2S. The second kappa shape index (κ2) is 4.95. The van der Waals surface area contributed by atoms with Gasteiger partial charge in [0, 0.05) is 22.7 Å². The molecule has 2 nitrogen and oxygen atoms in total. The van der Waals surface area contributed by atoms with Crippen molar-refractivity contribution >= 4 is 23.1 Å². The summed E-state index contributed by atoms with van der Waals surface area (Å²) in [6, 6.07) is 5.08. The van der Waals surface area contributed by atoms with Crippen molar-refractivity contribution in [3.05, 3.63) is 24.0 Å². The first-order valence-electron chi connectivity index (χ1n) is 5.53. The summed E-state index contributed by atoms with van der Waals surface area (Å²) in [5, 5.41) is 4.09. The van der Waals surface area contributed by atoms with Crippen LogP contribution in [0.5, 0.6) is 0 Å². The standard InChI is InChI=1S/C12H17FN2S/c1-16-12-3-2-10(7-12)15-11-5-8(13)4-9(14)6-11/h4-6,10,12,15H,2-3,7,14H2,1H3. The van der Waals surface area contributed by atoms with E-state index in [1.165, 1.54) is 18.6 Å². The van der Waals surface area contributed by atoms with Crippen molar-refractivity contribution in [2.75, 3.05) is 17.3 Å². The molecule has 2 atom stereocenters. The van der Waals surface area contributed by atoms with E-state index in [1.807, 2.05) is 11.8 Å². The first-order valence-corrected chi connectivity index (χ1v) is 6.81. The highest BCUT2D eigenvalue weighted by Crippen LogP contribution is 2.30. The Morgan fingerprint density at radius 2 is 2.19 bits per heavy atom. The van der Waals surface area contributed by atoms with Gasteiger partial charge >= 0.3 is 0 Å². The molecule has 16 heavy (non-hydrogen) atoms. The first-order chi connectivity index (χ1) is 7.67. The Morgan fingerprint density at radius 3 is 2.81 bits per heavy atom. The maximum Gasteiger partial charge on any atom is 0.127 e. The fourth-order valence-corrected chi connectivity index (χ4v) is 3.01. The molecule has 0 amide bonds. The molecule has 1 aromatic carbocycles. The van der Waals surface area contributed by atoms with Crippen LogP contribution in [0.3, 0.4) is 0 Å². The summed E-state index contributed by atoms with van der Waals surface area (Å²) in [7, 11) is 0. The van der Waals surface area contributed by atoms with E-state index in [1.54, 1.807) is 6.07 Å². The van der Waals surface area contributed by atoms with Crippen LogP contribution in [0.25, 0.3) is 0 Å². The molecule has 1 aliphatic carbocycles. The van der Waals surface area contributed by atoms with Gasteiger partial charge < -0.3 is 11.1 Å². The molecule has 0 bridgehead atoms. The fraction of sp³-hybridized carbons (Fsp3) is 0.500. The van der Waals surface area contributed by atoms with E-state index >= 15 is 0 Å². The van der Waals surface area contributed by atoms with E-state index in [4.69, 9.17) is 5.73 Å². The zero-order chi connectivity index (χ0) is 11.5. The zero-order valence-corrected chi connectivity index (χ0v) is 10.2. The molecule has 0 radical (unpaired) electrons. The quantitative estimate of drug-likeness (QED) is 0.797. The summed E-state index contributed by atoms with van der Waals surface area (Å²) in [6.45, 7) is 0. The largest absolute Gasteiger partial charge is 0.399 e. The third kappa shape index (κ3) is 2.82. The van der Waals surface area contributed by atoms with Crippen LogP contribution in [-0.2, 0) is 0 Å². The van der Waals surface area contributed by atoms with Gasteiger partial charge in [0.15, 0.2) is 0 Å². The topological polar surface area (TPSA) is 38.0 Å². The minimum absolute atomic E-state index is 0.276. The number of nitrogen functional groups attached to an aromatic ring is 1. The van der Waals surface area contributed by atoms with Crippen LogP contribution in [0.1, 0.15) is 19.3 Å². The Labute approximate surface area is 99.8 Å². The average Bonchev–Trinajstić information content (AvgIpc) is 2.64. The fourth-order valence-electron chi connectivity index (χ4n) is 2.22. The van der Waals surface area contributed by atoms with Crippen molar-refractivity contribution < 1.29 is 4.39 Å². The van der Waals surface area contributed by atoms with Gasteiger partial charge in [-0.05, 0) is 43.7 Å². The monoisotopic (exact) mass is 240 g/mol. The lowest BCUT2D eigenvalue weighted by Crippen LogP contribution is -2.16. The number of nitrogens with one attached hydrogen (secondary N) is 1. The number of thioether (sulfide) groups is 1. The van der Waals surface area contributed by atoms with Crippen LogP contribution in [0.15, 0.2) is 18.2 Å². The van der Waals surface area contributed by atoms with Crippen LogP contribution in [-0.4, -0.2) is 17.5 Å². The Morgan fingerprint density at radius 1 is 1.38 bits per heavy atom. The molecule has 3 N–H and O–H groups in total. The minimum Gasteiger partial charge on any atom is -0.399 e. The van der Waals surface area contributed by atoms with E-state index in [-0.39, 0.29) is 5.82 Å². The molecule has 2 unspecified atom stereocenters. The molecule has 1 fully saturated rings. The highest BCUT2D eigenvalue weighted by Gasteiger charge is 2.23. The van der Waals surface area contributed by atoms with E-state index in [9.17, 15) is 4.39 Å². The predicted octanol–water partition coefficient (Wildman–Crippen LogP) is 3.10. The maximum atomic E-state index is 13.1. The molecule has 1 saturated carbocycles. The van der Waals surface area contributed by atoms with Gasteiger partial charge in [-0.25, -0.2) is 4.39 Å². The predicted molar refractivity (Wildman–Crippen MR) is 69.4 cm³/mol. The van der Waals surface area contributed by atoms with Crippen molar-refractivity contribution in [3.63, 3.8) is 0 Å². The van der Waals surface area contributed by atoms with E-state index < -0.39 is 0 Å². The van der Waals surface area contributed by atoms with Crippen LogP contribution in [0.2, 0.25) is 0 Å². The van der Waals surface area contributed by atoms with Gasteiger partial charge in [0.25, 0.3) is 0 Å². The van der Waals surface area contributed by atoms with Gasteiger partial charge in [-0.1, -0.05) is 0 Å². The minimum atomic E-state index is -0.276. The number of hydrogen-bond donors (Lipinski definition) is 2. The lowest BCUT2D eigenvalue weighted by molar-refractivity contribution is 0.628. The number of hydrogen-bond acceptors (Lipinski definition) is 3. The third-order valence-electron chi connectivity index (χ3n) is 3.01. The van der Waals surface area contributed by atoms with Crippen molar-refractivity contribution in [1.29, 1.82) is 0 Å².